The second-order valence-corrected chi connectivity index (χ2v) is 11.0. The summed E-state index contributed by atoms with van der Waals surface area (Å²) in [4.78, 5) is 28.2. The van der Waals surface area contributed by atoms with Crippen LogP contribution in [0.1, 0.15) is 50.2 Å². The molecule has 0 radical (unpaired) electrons. The van der Waals surface area contributed by atoms with Crippen LogP contribution in [0.15, 0.2) is 54.6 Å². The molecule has 1 fully saturated rings. The van der Waals surface area contributed by atoms with Gasteiger partial charge in [-0.25, -0.2) is 8.42 Å². The summed E-state index contributed by atoms with van der Waals surface area (Å²) in [6.07, 6.45) is 6.33. The predicted molar refractivity (Wildman–Crippen MR) is 135 cm³/mol. The molecule has 2 amide bonds. The number of hydrogen-bond donors (Lipinski definition) is 1. The van der Waals surface area contributed by atoms with Crippen molar-refractivity contribution in [2.75, 3.05) is 17.1 Å². The predicted octanol–water partition coefficient (Wildman–Crippen LogP) is 3.63. The first-order valence-corrected chi connectivity index (χ1v) is 13.7. The van der Waals surface area contributed by atoms with Crippen molar-refractivity contribution < 1.29 is 18.0 Å². The quantitative estimate of drug-likeness (QED) is 0.588. The van der Waals surface area contributed by atoms with E-state index >= 15 is 0 Å². The summed E-state index contributed by atoms with van der Waals surface area (Å²) in [5.41, 5.74) is 2.34. The molecule has 1 saturated carbocycles. The van der Waals surface area contributed by atoms with Crippen LogP contribution in [-0.4, -0.2) is 50.0 Å². The molecule has 1 atom stereocenters. The zero-order valence-electron chi connectivity index (χ0n) is 20.2. The molecule has 0 aliphatic heterocycles. The van der Waals surface area contributed by atoms with Crippen LogP contribution in [0.3, 0.4) is 0 Å². The minimum Gasteiger partial charge on any atom is -0.352 e. The minimum atomic E-state index is -3.71. The molecule has 3 rings (SSSR count). The van der Waals surface area contributed by atoms with Gasteiger partial charge < -0.3 is 10.2 Å². The van der Waals surface area contributed by atoms with Crippen LogP contribution in [0.2, 0.25) is 0 Å². The van der Waals surface area contributed by atoms with E-state index in [0.29, 0.717) is 5.69 Å². The van der Waals surface area contributed by atoms with Gasteiger partial charge in [-0.05, 0) is 44.4 Å². The van der Waals surface area contributed by atoms with Crippen molar-refractivity contribution in [3.8, 4) is 0 Å². The number of nitrogens with one attached hydrogen (secondary N) is 1. The summed E-state index contributed by atoms with van der Waals surface area (Å²) in [6, 6.07) is 15.7. The van der Waals surface area contributed by atoms with Crippen LogP contribution in [0.5, 0.6) is 0 Å². The lowest BCUT2D eigenvalue weighted by molar-refractivity contribution is -0.139. The Kier molecular flexibility index (Phi) is 8.72. The van der Waals surface area contributed by atoms with Crippen LogP contribution >= 0.6 is 0 Å². The van der Waals surface area contributed by atoms with Crippen LogP contribution in [0.4, 0.5) is 5.69 Å². The lowest BCUT2D eigenvalue weighted by Crippen LogP contribution is -2.52. The molecule has 2 aromatic rings. The number of carbonyl (C=O) groups excluding carboxylic acids is 2. The van der Waals surface area contributed by atoms with Crippen molar-refractivity contribution in [1.82, 2.24) is 10.2 Å². The van der Waals surface area contributed by atoms with Gasteiger partial charge in [-0.2, -0.15) is 0 Å². The van der Waals surface area contributed by atoms with E-state index in [1.807, 2.05) is 31.2 Å². The first-order valence-electron chi connectivity index (χ1n) is 11.8. The number of anilines is 1. The highest BCUT2D eigenvalue weighted by Gasteiger charge is 2.31. The number of amides is 2. The summed E-state index contributed by atoms with van der Waals surface area (Å²) in [5, 5.41) is 3.10. The van der Waals surface area contributed by atoms with E-state index in [9.17, 15) is 18.0 Å². The SMILES string of the molecule is Cc1cccc(CN(C(=O)CN(c2ccccc2)S(C)(=O)=O)[C@H](C)C(=O)NC2CCCCC2)c1. The van der Waals surface area contributed by atoms with E-state index in [1.54, 1.807) is 37.3 Å². The fraction of sp³-hybridized carbons (Fsp3) is 0.462. The van der Waals surface area contributed by atoms with E-state index in [2.05, 4.69) is 5.32 Å². The Morgan fingerprint density at radius 2 is 1.71 bits per heavy atom. The van der Waals surface area contributed by atoms with Crippen LogP contribution in [-0.2, 0) is 26.2 Å². The van der Waals surface area contributed by atoms with Crippen molar-refractivity contribution >= 4 is 27.5 Å². The molecule has 2 aromatic carbocycles. The summed E-state index contributed by atoms with van der Waals surface area (Å²) >= 11 is 0. The minimum absolute atomic E-state index is 0.122. The standard InChI is InChI=1S/C26H35N3O4S/c1-20-11-10-12-22(17-20)18-28(21(2)26(31)27-23-13-6-4-7-14-23)25(30)19-29(34(3,32)33)24-15-8-5-9-16-24/h5,8-12,15-17,21,23H,4,6-7,13-14,18-19H2,1-3H3,(H,27,31)/t21-/m1/s1. The van der Waals surface area contributed by atoms with E-state index in [1.165, 1.54) is 11.3 Å². The molecule has 0 spiro atoms. The second kappa shape index (κ2) is 11.5. The Bertz CT molecular complexity index is 1080. The number of sulfonamides is 1. The van der Waals surface area contributed by atoms with Gasteiger partial charge >= 0.3 is 0 Å². The Morgan fingerprint density at radius 1 is 1.03 bits per heavy atom. The average molecular weight is 486 g/mol. The molecule has 1 aliphatic carbocycles. The van der Waals surface area contributed by atoms with Gasteiger partial charge in [0, 0.05) is 12.6 Å². The van der Waals surface area contributed by atoms with Gasteiger partial charge in [-0.3, -0.25) is 13.9 Å². The first kappa shape index (κ1) is 25.7. The van der Waals surface area contributed by atoms with E-state index < -0.39 is 22.0 Å². The molecule has 34 heavy (non-hydrogen) atoms. The molecule has 1 N–H and O–H groups in total. The van der Waals surface area contributed by atoms with Crippen molar-refractivity contribution in [2.45, 2.75) is 64.6 Å². The Balaban J connectivity index is 1.85. The molecule has 0 aromatic heterocycles. The van der Waals surface area contributed by atoms with E-state index in [-0.39, 0.29) is 25.0 Å². The molecular formula is C26H35N3O4S. The van der Waals surface area contributed by atoms with Gasteiger partial charge in [0.15, 0.2) is 0 Å². The highest BCUT2D eigenvalue weighted by molar-refractivity contribution is 7.92. The molecule has 184 valence electrons. The normalized spacial score (nSPS) is 15.4. The summed E-state index contributed by atoms with van der Waals surface area (Å²) in [5.74, 6) is -0.638. The monoisotopic (exact) mass is 485 g/mol. The molecule has 0 unspecified atom stereocenters. The largest absolute Gasteiger partial charge is 0.352 e. The average Bonchev–Trinajstić information content (AvgIpc) is 2.81. The van der Waals surface area contributed by atoms with Gasteiger partial charge in [-0.15, -0.1) is 0 Å². The molecular weight excluding hydrogens is 450 g/mol. The number of aryl methyl sites for hydroxylation is 1. The maximum atomic E-state index is 13.5. The van der Waals surface area contributed by atoms with Gasteiger partial charge in [0.2, 0.25) is 21.8 Å². The van der Waals surface area contributed by atoms with Gasteiger partial charge in [0.1, 0.15) is 12.6 Å². The van der Waals surface area contributed by atoms with Crippen LogP contribution < -0.4 is 9.62 Å². The fourth-order valence-corrected chi connectivity index (χ4v) is 5.22. The van der Waals surface area contributed by atoms with Crippen molar-refractivity contribution in [3.05, 3.63) is 65.7 Å². The smallest absolute Gasteiger partial charge is 0.244 e. The van der Waals surface area contributed by atoms with E-state index in [4.69, 9.17) is 0 Å². The maximum Gasteiger partial charge on any atom is 0.244 e. The highest BCUT2D eigenvalue weighted by atomic mass is 32.2. The highest BCUT2D eigenvalue weighted by Crippen LogP contribution is 2.20. The van der Waals surface area contributed by atoms with E-state index in [0.717, 1.165) is 47.4 Å². The maximum absolute atomic E-state index is 13.5. The van der Waals surface area contributed by atoms with Gasteiger partial charge in [-0.1, -0.05) is 67.3 Å². The molecule has 7 nitrogen and oxygen atoms in total. The number of hydrogen-bond acceptors (Lipinski definition) is 4. The second-order valence-electron chi connectivity index (χ2n) is 9.14. The Labute approximate surface area is 203 Å². The van der Waals surface area contributed by atoms with Gasteiger partial charge in [0.05, 0.1) is 11.9 Å². The molecule has 0 heterocycles. The zero-order valence-corrected chi connectivity index (χ0v) is 21.1. The third-order valence-electron chi connectivity index (χ3n) is 6.28. The summed E-state index contributed by atoms with van der Waals surface area (Å²) in [7, 11) is -3.71. The lowest BCUT2D eigenvalue weighted by atomic mass is 9.95. The number of para-hydroxylation sites is 1. The number of carbonyl (C=O) groups is 2. The van der Waals surface area contributed by atoms with Crippen molar-refractivity contribution in [3.63, 3.8) is 0 Å². The number of nitrogens with zero attached hydrogens (tertiary/aromatic N) is 2. The van der Waals surface area contributed by atoms with Crippen molar-refractivity contribution in [2.24, 2.45) is 0 Å². The van der Waals surface area contributed by atoms with Gasteiger partial charge in [0.25, 0.3) is 0 Å². The third kappa shape index (κ3) is 7.06. The zero-order chi connectivity index (χ0) is 24.7. The number of rotatable bonds is 9. The number of benzene rings is 2. The third-order valence-corrected chi connectivity index (χ3v) is 7.42. The Morgan fingerprint density at radius 3 is 2.32 bits per heavy atom. The van der Waals surface area contributed by atoms with Crippen LogP contribution in [0, 0.1) is 6.92 Å². The molecule has 1 aliphatic rings. The molecule has 0 bridgehead atoms. The summed E-state index contributed by atoms with van der Waals surface area (Å²) in [6.45, 7) is 3.51. The summed E-state index contributed by atoms with van der Waals surface area (Å²) < 4.78 is 26.2. The fourth-order valence-electron chi connectivity index (χ4n) is 4.37. The Hall–Kier alpha value is -2.87. The van der Waals surface area contributed by atoms with Crippen LogP contribution in [0.25, 0.3) is 0 Å². The first-order chi connectivity index (χ1) is 16.1. The molecule has 8 heteroatoms. The lowest BCUT2D eigenvalue weighted by Gasteiger charge is -2.33. The molecule has 0 saturated heterocycles. The topological polar surface area (TPSA) is 86.8 Å². The van der Waals surface area contributed by atoms with Crippen molar-refractivity contribution in [1.29, 1.82) is 0 Å².